The molecular weight excluding hydrogens is 274 g/mol. The molecule has 4 nitrogen and oxygen atoms in total. The maximum Gasteiger partial charge on any atom is 0.222 e. The Balaban J connectivity index is 2.35. The molecule has 20 heavy (non-hydrogen) atoms. The standard InChI is InChI=1S/C15H20ClN3O/c1-5-17-9-13-11(3)18-19(4)15(13)20-14-8-12(16)7-6-10(14)2/h6-8,17H,5,9H2,1-4H3. The second kappa shape index (κ2) is 6.29. The van der Waals surface area contributed by atoms with E-state index in [9.17, 15) is 0 Å². The van der Waals surface area contributed by atoms with Crippen molar-refractivity contribution >= 4 is 11.6 Å². The highest BCUT2D eigenvalue weighted by molar-refractivity contribution is 6.30. The van der Waals surface area contributed by atoms with Crippen LogP contribution in [-0.2, 0) is 13.6 Å². The van der Waals surface area contributed by atoms with E-state index < -0.39 is 0 Å². The van der Waals surface area contributed by atoms with Crippen LogP contribution in [0.4, 0.5) is 0 Å². The van der Waals surface area contributed by atoms with Gasteiger partial charge in [-0.3, -0.25) is 0 Å². The van der Waals surface area contributed by atoms with Gasteiger partial charge in [-0.25, -0.2) is 4.68 Å². The molecule has 0 fully saturated rings. The van der Waals surface area contributed by atoms with Gasteiger partial charge < -0.3 is 10.1 Å². The molecular formula is C15H20ClN3O. The van der Waals surface area contributed by atoms with Crippen LogP contribution in [0.3, 0.4) is 0 Å². The molecule has 0 aliphatic carbocycles. The minimum Gasteiger partial charge on any atom is -0.439 e. The van der Waals surface area contributed by atoms with Gasteiger partial charge in [0.05, 0.1) is 11.3 Å². The van der Waals surface area contributed by atoms with Crippen molar-refractivity contribution in [2.45, 2.75) is 27.3 Å². The van der Waals surface area contributed by atoms with Crippen molar-refractivity contribution in [3.8, 4) is 11.6 Å². The zero-order valence-electron chi connectivity index (χ0n) is 12.3. The number of halogens is 1. The van der Waals surface area contributed by atoms with E-state index in [0.717, 1.165) is 41.5 Å². The second-order valence-corrected chi connectivity index (χ2v) is 5.22. The number of aryl methyl sites for hydroxylation is 3. The molecule has 108 valence electrons. The lowest BCUT2D eigenvalue weighted by atomic mass is 10.2. The first-order valence-electron chi connectivity index (χ1n) is 6.70. The summed E-state index contributed by atoms with van der Waals surface area (Å²) in [5.41, 5.74) is 3.10. The maximum atomic E-state index is 6.05. The number of rotatable bonds is 5. The molecule has 5 heteroatoms. The average molecular weight is 294 g/mol. The SMILES string of the molecule is CCNCc1c(C)nn(C)c1Oc1cc(Cl)ccc1C. The smallest absolute Gasteiger partial charge is 0.222 e. The minimum absolute atomic E-state index is 0.665. The number of hydrogen-bond donors (Lipinski definition) is 1. The highest BCUT2D eigenvalue weighted by Crippen LogP contribution is 2.31. The van der Waals surface area contributed by atoms with Crippen molar-refractivity contribution < 1.29 is 4.74 Å². The van der Waals surface area contributed by atoms with E-state index in [4.69, 9.17) is 16.3 Å². The molecule has 1 aromatic heterocycles. The number of aromatic nitrogens is 2. The Morgan fingerprint density at radius 2 is 2.10 bits per heavy atom. The normalized spacial score (nSPS) is 10.8. The molecule has 0 unspecified atom stereocenters. The first kappa shape index (κ1) is 14.9. The zero-order chi connectivity index (χ0) is 14.7. The Kier molecular flexibility index (Phi) is 4.68. The summed E-state index contributed by atoms with van der Waals surface area (Å²) in [5, 5.41) is 8.41. The molecule has 2 rings (SSSR count). The van der Waals surface area contributed by atoms with Gasteiger partial charge in [-0.2, -0.15) is 5.10 Å². The molecule has 2 aromatic rings. The highest BCUT2D eigenvalue weighted by Gasteiger charge is 2.16. The fraction of sp³-hybridized carbons (Fsp3) is 0.400. The monoisotopic (exact) mass is 293 g/mol. The Labute approximate surface area is 124 Å². The van der Waals surface area contributed by atoms with Gasteiger partial charge in [0, 0.05) is 18.6 Å². The summed E-state index contributed by atoms with van der Waals surface area (Å²) in [6.07, 6.45) is 0. The van der Waals surface area contributed by atoms with Gasteiger partial charge in [-0.1, -0.05) is 24.6 Å². The predicted molar refractivity (Wildman–Crippen MR) is 81.6 cm³/mol. The van der Waals surface area contributed by atoms with Crippen molar-refractivity contribution in [2.24, 2.45) is 7.05 Å². The molecule has 0 aliphatic rings. The van der Waals surface area contributed by atoms with Gasteiger partial charge in [0.2, 0.25) is 5.88 Å². The van der Waals surface area contributed by atoms with Crippen LogP contribution in [0, 0.1) is 13.8 Å². The quantitative estimate of drug-likeness (QED) is 0.915. The second-order valence-electron chi connectivity index (χ2n) is 4.78. The van der Waals surface area contributed by atoms with Gasteiger partial charge in [-0.15, -0.1) is 0 Å². The highest BCUT2D eigenvalue weighted by atomic mass is 35.5. The summed E-state index contributed by atoms with van der Waals surface area (Å²) in [4.78, 5) is 0. The van der Waals surface area contributed by atoms with Crippen LogP contribution in [0.5, 0.6) is 11.6 Å². The van der Waals surface area contributed by atoms with Crippen molar-refractivity contribution in [3.05, 3.63) is 40.0 Å². The largest absolute Gasteiger partial charge is 0.439 e. The van der Waals surface area contributed by atoms with Crippen LogP contribution < -0.4 is 10.1 Å². The number of nitrogens with zero attached hydrogens (tertiary/aromatic N) is 2. The summed E-state index contributed by atoms with van der Waals surface area (Å²) in [6, 6.07) is 5.64. The van der Waals surface area contributed by atoms with Crippen molar-refractivity contribution in [1.29, 1.82) is 0 Å². The Hall–Kier alpha value is -1.52. The molecule has 1 heterocycles. The lowest BCUT2D eigenvalue weighted by Crippen LogP contribution is -2.13. The molecule has 1 N–H and O–H groups in total. The Bertz CT molecular complexity index is 607. The third kappa shape index (κ3) is 3.14. The lowest BCUT2D eigenvalue weighted by molar-refractivity contribution is 0.421. The molecule has 0 radical (unpaired) electrons. The first-order valence-corrected chi connectivity index (χ1v) is 7.08. The van der Waals surface area contributed by atoms with E-state index in [1.54, 1.807) is 4.68 Å². The van der Waals surface area contributed by atoms with Crippen molar-refractivity contribution in [3.63, 3.8) is 0 Å². The van der Waals surface area contributed by atoms with Crippen LogP contribution in [0.25, 0.3) is 0 Å². The fourth-order valence-corrected chi connectivity index (χ4v) is 2.21. The molecule has 0 spiro atoms. The molecule has 1 aromatic carbocycles. The third-order valence-electron chi connectivity index (χ3n) is 3.20. The van der Waals surface area contributed by atoms with Crippen LogP contribution in [0.15, 0.2) is 18.2 Å². The Morgan fingerprint density at radius 3 is 2.80 bits per heavy atom. The van der Waals surface area contributed by atoms with Gasteiger partial charge in [0.1, 0.15) is 5.75 Å². The molecule has 0 bridgehead atoms. The van der Waals surface area contributed by atoms with Gasteiger partial charge in [0.15, 0.2) is 0 Å². The first-order chi connectivity index (χ1) is 9.52. The third-order valence-corrected chi connectivity index (χ3v) is 3.43. The summed E-state index contributed by atoms with van der Waals surface area (Å²) >= 11 is 6.04. The number of nitrogens with one attached hydrogen (secondary N) is 1. The van der Waals surface area contributed by atoms with E-state index in [0.29, 0.717) is 5.02 Å². The number of hydrogen-bond acceptors (Lipinski definition) is 3. The van der Waals surface area contributed by atoms with E-state index in [1.165, 1.54) is 0 Å². The number of benzene rings is 1. The van der Waals surface area contributed by atoms with Gasteiger partial charge >= 0.3 is 0 Å². The minimum atomic E-state index is 0.665. The summed E-state index contributed by atoms with van der Waals surface area (Å²) in [6.45, 7) is 7.71. The zero-order valence-corrected chi connectivity index (χ0v) is 13.1. The van der Waals surface area contributed by atoms with E-state index in [-0.39, 0.29) is 0 Å². The van der Waals surface area contributed by atoms with Crippen LogP contribution >= 0.6 is 11.6 Å². The molecule has 0 aliphatic heterocycles. The lowest BCUT2D eigenvalue weighted by Gasteiger charge is -2.11. The maximum absolute atomic E-state index is 6.05. The van der Waals surface area contributed by atoms with E-state index in [1.807, 2.05) is 39.1 Å². The summed E-state index contributed by atoms with van der Waals surface area (Å²) in [5.74, 6) is 1.52. The van der Waals surface area contributed by atoms with Crippen molar-refractivity contribution in [1.82, 2.24) is 15.1 Å². The van der Waals surface area contributed by atoms with E-state index in [2.05, 4.69) is 17.3 Å². The Morgan fingerprint density at radius 1 is 1.35 bits per heavy atom. The summed E-state index contributed by atoms with van der Waals surface area (Å²) in [7, 11) is 1.89. The predicted octanol–water partition coefficient (Wildman–Crippen LogP) is 3.59. The number of ether oxygens (including phenoxy) is 1. The fourth-order valence-electron chi connectivity index (χ4n) is 2.05. The molecule has 0 saturated carbocycles. The molecule has 0 atom stereocenters. The van der Waals surface area contributed by atoms with Crippen LogP contribution in [0.1, 0.15) is 23.7 Å². The van der Waals surface area contributed by atoms with Crippen molar-refractivity contribution in [2.75, 3.05) is 6.54 Å². The van der Waals surface area contributed by atoms with E-state index >= 15 is 0 Å². The molecule has 0 amide bonds. The average Bonchev–Trinajstić information content (AvgIpc) is 2.66. The van der Waals surface area contributed by atoms with Gasteiger partial charge in [-0.05, 0) is 38.1 Å². The van der Waals surface area contributed by atoms with Gasteiger partial charge in [0.25, 0.3) is 0 Å². The summed E-state index contributed by atoms with van der Waals surface area (Å²) < 4.78 is 7.81. The van der Waals surface area contributed by atoms with Crippen LogP contribution in [-0.4, -0.2) is 16.3 Å². The van der Waals surface area contributed by atoms with Crippen LogP contribution in [0.2, 0.25) is 5.02 Å². The topological polar surface area (TPSA) is 39.1 Å². The molecule has 0 saturated heterocycles.